The van der Waals surface area contributed by atoms with Crippen LogP contribution in [0.25, 0.3) is 10.9 Å². The molecule has 0 unspecified atom stereocenters. The van der Waals surface area contributed by atoms with Gasteiger partial charge in [-0.15, -0.1) is 0 Å². The van der Waals surface area contributed by atoms with Gasteiger partial charge >= 0.3 is 6.09 Å². The molecule has 0 spiro atoms. The van der Waals surface area contributed by atoms with Gasteiger partial charge in [-0.2, -0.15) is 0 Å². The van der Waals surface area contributed by atoms with Crippen molar-refractivity contribution in [2.45, 2.75) is 6.61 Å². The Kier molecular flexibility index (Phi) is 5.50. The number of nitrogens with zero attached hydrogens (tertiary/aromatic N) is 1. The maximum Gasteiger partial charge on any atom is 0.408 e. The highest BCUT2D eigenvalue weighted by Gasteiger charge is 2.01. The standard InChI is InChI=1S/C20H15ClN2O2/c21-18-10-12-22-19-9-8-15(13-17(18)19)7-4-11-23-20(24)25-14-16-5-2-1-3-6-16/h1-3,5-6,8-10,12-13H,11,14H2,(H,23,24). The second kappa shape index (κ2) is 8.18. The molecule has 0 aliphatic carbocycles. The van der Waals surface area contributed by atoms with E-state index >= 15 is 0 Å². The summed E-state index contributed by atoms with van der Waals surface area (Å²) in [5.41, 5.74) is 2.56. The second-order valence-corrected chi connectivity index (χ2v) is 5.65. The van der Waals surface area contributed by atoms with Gasteiger partial charge in [0.2, 0.25) is 0 Å². The Morgan fingerprint density at radius 3 is 2.84 bits per heavy atom. The molecule has 0 radical (unpaired) electrons. The molecule has 1 heterocycles. The quantitative estimate of drug-likeness (QED) is 0.721. The number of carbonyl (C=O) groups is 1. The van der Waals surface area contributed by atoms with Gasteiger partial charge in [0, 0.05) is 17.1 Å². The van der Waals surface area contributed by atoms with Crippen LogP contribution >= 0.6 is 11.6 Å². The van der Waals surface area contributed by atoms with Gasteiger partial charge in [0.25, 0.3) is 0 Å². The molecule has 2 aromatic carbocycles. The molecule has 25 heavy (non-hydrogen) atoms. The van der Waals surface area contributed by atoms with Crippen molar-refractivity contribution >= 4 is 28.6 Å². The first-order valence-corrected chi connectivity index (χ1v) is 8.08. The fourth-order valence-electron chi connectivity index (χ4n) is 2.23. The van der Waals surface area contributed by atoms with Crippen LogP contribution in [0.1, 0.15) is 11.1 Å². The lowest BCUT2D eigenvalue weighted by Gasteiger charge is -2.04. The van der Waals surface area contributed by atoms with Crippen LogP contribution in [0.4, 0.5) is 4.79 Å². The second-order valence-electron chi connectivity index (χ2n) is 5.24. The van der Waals surface area contributed by atoms with E-state index in [4.69, 9.17) is 16.3 Å². The summed E-state index contributed by atoms with van der Waals surface area (Å²) >= 11 is 6.16. The fourth-order valence-corrected chi connectivity index (χ4v) is 2.43. The topological polar surface area (TPSA) is 51.2 Å². The van der Waals surface area contributed by atoms with Gasteiger partial charge < -0.3 is 10.1 Å². The number of benzene rings is 2. The number of fused-ring (bicyclic) bond motifs is 1. The van der Waals surface area contributed by atoms with Gasteiger partial charge in [-0.05, 0) is 29.8 Å². The average molecular weight is 351 g/mol. The molecular formula is C20H15ClN2O2. The minimum atomic E-state index is -0.496. The molecule has 1 aromatic heterocycles. The average Bonchev–Trinajstić information content (AvgIpc) is 2.65. The van der Waals surface area contributed by atoms with Crippen molar-refractivity contribution < 1.29 is 9.53 Å². The number of ether oxygens (including phenoxy) is 1. The maximum absolute atomic E-state index is 11.6. The minimum Gasteiger partial charge on any atom is -0.445 e. The predicted octanol–water partition coefficient (Wildman–Crippen LogP) is 4.17. The highest BCUT2D eigenvalue weighted by Crippen LogP contribution is 2.22. The number of amides is 1. The third-order valence-corrected chi connectivity index (χ3v) is 3.78. The molecule has 1 amide bonds. The number of hydrogen-bond acceptors (Lipinski definition) is 3. The molecule has 3 aromatic rings. The molecule has 0 saturated carbocycles. The Balaban J connectivity index is 1.52. The Morgan fingerprint density at radius 1 is 1.16 bits per heavy atom. The third kappa shape index (κ3) is 4.72. The molecule has 0 bridgehead atoms. The zero-order chi connectivity index (χ0) is 17.5. The van der Waals surface area contributed by atoms with E-state index in [2.05, 4.69) is 22.1 Å². The first-order chi connectivity index (χ1) is 12.2. The molecule has 0 aliphatic rings. The van der Waals surface area contributed by atoms with E-state index in [-0.39, 0.29) is 13.2 Å². The largest absolute Gasteiger partial charge is 0.445 e. The number of pyridine rings is 1. The third-order valence-electron chi connectivity index (χ3n) is 3.45. The van der Waals surface area contributed by atoms with E-state index in [1.807, 2.05) is 48.5 Å². The molecular weight excluding hydrogens is 336 g/mol. The van der Waals surface area contributed by atoms with E-state index in [1.165, 1.54) is 0 Å². The molecule has 1 N–H and O–H groups in total. The number of halogens is 1. The van der Waals surface area contributed by atoms with Crippen LogP contribution in [0.15, 0.2) is 60.8 Å². The number of aromatic nitrogens is 1. The number of alkyl carbamates (subject to hydrolysis) is 1. The first-order valence-electron chi connectivity index (χ1n) is 7.70. The molecule has 0 fully saturated rings. The normalized spacial score (nSPS) is 9.96. The van der Waals surface area contributed by atoms with E-state index in [9.17, 15) is 4.79 Å². The Morgan fingerprint density at radius 2 is 2.00 bits per heavy atom. The van der Waals surface area contributed by atoms with Crippen LogP contribution in [0, 0.1) is 11.8 Å². The van der Waals surface area contributed by atoms with Gasteiger partial charge in [0.1, 0.15) is 6.61 Å². The number of carbonyl (C=O) groups excluding carboxylic acids is 1. The minimum absolute atomic E-state index is 0.201. The zero-order valence-corrected chi connectivity index (χ0v) is 14.1. The van der Waals surface area contributed by atoms with Crippen molar-refractivity contribution in [3.8, 4) is 11.8 Å². The maximum atomic E-state index is 11.6. The van der Waals surface area contributed by atoms with Crippen LogP contribution in [0.5, 0.6) is 0 Å². The fraction of sp³-hybridized carbons (Fsp3) is 0.100. The lowest BCUT2D eigenvalue weighted by molar-refractivity contribution is 0.141. The van der Waals surface area contributed by atoms with Crippen LogP contribution in [0.2, 0.25) is 5.02 Å². The lowest BCUT2D eigenvalue weighted by atomic mass is 10.1. The van der Waals surface area contributed by atoms with E-state index in [0.29, 0.717) is 5.02 Å². The van der Waals surface area contributed by atoms with E-state index in [0.717, 1.165) is 22.0 Å². The SMILES string of the molecule is O=C(NCC#Cc1ccc2nccc(Cl)c2c1)OCc1ccccc1. The zero-order valence-electron chi connectivity index (χ0n) is 13.3. The molecule has 5 heteroatoms. The van der Waals surface area contributed by atoms with Gasteiger partial charge in [-0.3, -0.25) is 4.98 Å². The van der Waals surface area contributed by atoms with Gasteiger partial charge in [0.05, 0.1) is 17.1 Å². The first kappa shape index (κ1) is 16.8. The summed E-state index contributed by atoms with van der Waals surface area (Å²) in [6.07, 6.45) is 1.17. The lowest BCUT2D eigenvalue weighted by Crippen LogP contribution is -2.24. The summed E-state index contributed by atoms with van der Waals surface area (Å²) < 4.78 is 5.11. The Labute approximate surface area is 150 Å². The number of nitrogens with one attached hydrogen (secondary N) is 1. The van der Waals surface area contributed by atoms with Crippen LogP contribution in [-0.4, -0.2) is 17.6 Å². The van der Waals surface area contributed by atoms with Crippen molar-refractivity contribution in [2.75, 3.05) is 6.54 Å². The molecule has 0 saturated heterocycles. The molecule has 124 valence electrons. The van der Waals surface area contributed by atoms with Gasteiger partial charge in [-0.25, -0.2) is 4.79 Å². The molecule has 0 atom stereocenters. The van der Waals surface area contributed by atoms with Crippen LogP contribution in [-0.2, 0) is 11.3 Å². The summed E-state index contributed by atoms with van der Waals surface area (Å²) in [5.74, 6) is 5.88. The molecule has 0 aliphatic heterocycles. The Hall–Kier alpha value is -3.03. The van der Waals surface area contributed by atoms with Crippen molar-refractivity contribution in [3.05, 3.63) is 76.9 Å². The van der Waals surface area contributed by atoms with Crippen LogP contribution in [0.3, 0.4) is 0 Å². The molecule has 3 rings (SSSR count). The van der Waals surface area contributed by atoms with E-state index < -0.39 is 6.09 Å². The predicted molar refractivity (Wildman–Crippen MR) is 98.3 cm³/mol. The highest BCUT2D eigenvalue weighted by atomic mass is 35.5. The molecule has 4 nitrogen and oxygen atoms in total. The summed E-state index contributed by atoms with van der Waals surface area (Å²) in [6, 6.07) is 16.9. The van der Waals surface area contributed by atoms with Crippen molar-refractivity contribution in [2.24, 2.45) is 0 Å². The number of hydrogen-bond donors (Lipinski definition) is 1. The smallest absolute Gasteiger partial charge is 0.408 e. The summed E-state index contributed by atoms with van der Waals surface area (Å²) in [6.45, 7) is 0.433. The summed E-state index contributed by atoms with van der Waals surface area (Å²) in [4.78, 5) is 15.9. The Bertz CT molecular complexity index is 946. The van der Waals surface area contributed by atoms with Gasteiger partial charge in [-0.1, -0.05) is 53.8 Å². The van der Waals surface area contributed by atoms with Crippen molar-refractivity contribution in [1.29, 1.82) is 0 Å². The van der Waals surface area contributed by atoms with E-state index in [1.54, 1.807) is 12.3 Å². The van der Waals surface area contributed by atoms with Gasteiger partial charge in [0.15, 0.2) is 0 Å². The van der Waals surface area contributed by atoms with Crippen LogP contribution < -0.4 is 5.32 Å². The summed E-state index contributed by atoms with van der Waals surface area (Å²) in [7, 11) is 0. The van der Waals surface area contributed by atoms with Crippen molar-refractivity contribution in [1.82, 2.24) is 10.3 Å². The van der Waals surface area contributed by atoms with Crippen molar-refractivity contribution in [3.63, 3.8) is 0 Å². The summed E-state index contributed by atoms with van der Waals surface area (Å²) in [5, 5.41) is 4.09. The monoisotopic (exact) mass is 350 g/mol. The highest BCUT2D eigenvalue weighted by molar-refractivity contribution is 6.35. The number of rotatable bonds is 3.